The third kappa shape index (κ3) is 5.70. The predicted octanol–water partition coefficient (Wildman–Crippen LogP) is 5.23. The molecule has 2 heterocycles. The number of amides is 1. The Kier molecular flexibility index (Phi) is 7.46. The number of carbonyl (C=O) groups excluding carboxylic acids is 1. The van der Waals surface area contributed by atoms with Gasteiger partial charge in [0.25, 0.3) is 5.22 Å². The summed E-state index contributed by atoms with van der Waals surface area (Å²) in [5, 5.41) is 23.3. The highest BCUT2D eigenvalue weighted by atomic mass is 32.2. The number of hydrogen-bond acceptors (Lipinski definition) is 10. The van der Waals surface area contributed by atoms with Gasteiger partial charge in [-0.1, -0.05) is 29.1 Å². The summed E-state index contributed by atoms with van der Waals surface area (Å²) in [5.74, 6) is 2.14. The molecule has 3 N–H and O–H groups in total. The van der Waals surface area contributed by atoms with E-state index in [2.05, 4.69) is 30.6 Å². The van der Waals surface area contributed by atoms with Gasteiger partial charge < -0.3 is 29.4 Å². The molecule has 0 bridgehead atoms. The summed E-state index contributed by atoms with van der Waals surface area (Å²) in [6.45, 7) is 1.69. The van der Waals surface area contributed by atoms with Crippen LogP contribution in [0.2, 0.25) is 0 Å². The van der Waals surface area contributed by atoms with Gasteiger partial charge in [0.05, 0.1) is 36.7 Å². The molecule has 0 radical (unpaired) electrons. The lowest BCUT2D eigenvalue weighted by Crippen LogP contribution is -2.14. The molecule has 11 nitrogen and oxygen atoms in total. The molecule has 1 amide bonds. The highest BCUT2D eigenvalue weighted by Crippen LogP contribution is 2.33. The smallest absolute Gasteiger partial charge is 0.277 e. The summed E-state index contributed by atoms with van der Waals surface area (Å²) in [6, 6.07) is 18.2. The number of aromatic nitrogens is 4. The van der Waals surface area contributed by atoms with Gasteiger partial charge in [-0.25, -0.2) is 4.98 Å². The molecule has 198 valence electrons. The van der Waals surface area contributed by atoms with Crippen molar-refractivity contribution in [1.82, 2.24) is 20.2 Å². The van der Waals surface area contributed by atoms with Crippen molar-refractivity contribution < 1.29 is 23.9 Å². The van der Waals surface area contributed by atoms with Crippen molar-refractivity contribution in [3.05, 3.63) is 66.2 Å². The molecule has 0 atom stereocenters. The molecule has 39 heavy (non-hydrogen) atoms. The van der Waals surface area contributed by atoms with E-state index in [1.165, 1.54) is 0 Å². The second kappa shape index (κ2) is 11.3. The monoisotopic (exact) mass is 544 g/mol. The van der Waals surface area contributed by atoms with Gasteiger partial charge in [0.15, 0.2) is 11.5 Å². The van der Waals surface area contributed by atoms with E-state index in [-0.39, 0.29) is 16.9 Å². The number of rotatable bonds is 9. The Hall–Kier alpha value is -4.84. The van der Waals surface area contributed by atoms with Crippen molar-refractivity contribution >= 4 is 40.1 Å². The number of nitrogens with one attached hydrogen (secondary N) is 2. The lowest BCUT2D eigenvalue weighted by Gasteiger charge is -2.08. The molecule has 12 heteroatoms. The fraction of sp³-hybridized carbons (Fsp3) is 0.148. The zero-order valence-corrected chi connectivity index (χ0v) is 22.1. The van der Waals surface area contributed by atoms with E-state index in [4.69, 9.17) is 19.1 Å². The van der Waals surface area contributed by atoms with Crippen LogP contribution in [-0.2, 0) is 4.79 Å². The number of oxime groups is 1. The van der Waals surface area contributed by atoms with Crippen LogP contribution < -0.4 is 14.8 Å². The van der Waals surface area contributed by atoms with Gasteiger partial charge in [-0.15, -0.1) is 10.2 Å². The molecule has 2 aromatic heterocycles. The van der Waals surface area contributed by atoms with Gasteiger partial charge in [0, 0.05) is 16.8 Å². The van der Waals surface area contributed by atoms with Crippen LogP contribution in [0.15, 0.2) is 75.5 Å². The number of anilines is 1. The van der Waals surface area contributed by atoms with Crippen LogP contribution in [0.3, 0.4) is 0 Å². The standard InChI is InChI=1S/C27H24N6O5S/c1-15(33-35)16-4-8-19(9-5-16)28-24(34)14-39-27-32-31-26(38-27)18-6-10-20-21(12-18)30-25(29-20)17-7-11-22(36-2)23(13-17)37-3/h4-13,35H,14H2,1-3H3,(H,28,34)(H,29,30)/b33-15-. The number of hydrogen-bond donors (Lipinski definition) is 3. The number of benzene rings is 3. The number of aromatic amines is 1. The quantitative estimate of drug-likeness (QED) is 0.0982. The first-order valence-electron chi connectivity index (χ1n) is 11.7. The first-order valence-corrected chi connectivity index (χ1v) is 12.7. The van der Waals surface area contributed by atoms with Gasteiger partial charge >= 0.3 is 0 Å². The van der Waals surface area contributed by atoms with Crippen LogP contribution in [-0.4, -0.2) is 57.0 Å². The van der Waals surface area contributed by atoms with E-state index in [9.17, 15) is 4.79 Å². The summed E-state index contributed by atoms with van der Waals surface area (Å²) in [4.78, 5) is 20.4. The van der Waals surface area contributed by atoms with Crippen LogP contribution >= 0.6 is 11.8 Å². The number of nitrogens with zero attached hydrogens (tertiary/aromatic N) is 4. The minimum Gasteiger partial charge on any atom is -0.493 e. The third-order valence-corrected chi connectivity index (χ3v) is 6.67. The molecule has 0 aliphatic rings. The summed E-state index contributed by atoms with van der Waals surface area (Å²) in [5.41, 5.74) is 5.02. The minimum absolute atomic E-state index is 0.0920. The number of H-pyrrole nitrogens is 1. The van der Waals surface area contributed by atoms with Crippen molar-refractivity contribution in [3.8, 4) is 34.3 Å². The molecule has 0 unspecified atom stereocenters. The summed E-state index contributed by atoms with van der Waals surface area (Å²) < 4.78 is 16.5. The lowest BCUT2D eigenvalue weighted by molar-refractivity contribution is -0.113. The maximum atomic E-state index is 12.4. The summed E-state index contributed by atoms with van der Waals surface area (Å²) >= 11 is 1.14. The molecule has 0 fully saturated rings. The highest BCUT2D eigenvalue weighted by Gasteiger charge is 2.14. The fourth-order valence-corrected chi connectivity index (χ4v) is 4.39. The van der Waals surface area contributed by atoms with E-state index in [0.29, 0.717) is 34.6 Å². The van der Waals surface area contributed by atoms with E-state index in [1.807, 2.05) is 36.4 Å². The molecule has 0 saturated carbocycles. The topological polar surface area (TPSA) is 148 Å². The number of imidazole rings is 1. The van der Waals surface area contributed by atoms with E-state index < -0.39 is 0 Å². The van der Waals surface area contributed by atoms with Gasteiger partial charge in [-0.05, 0) is 61.0 Å². The zero-order valence-electron chi connectivity index (χ0n) is 21.3. The number of ether oxygens (including phenoxy) is 2. The molecule has 3 aromatic carbocycles. The molecule has 0 spiro atoms. The first-order chi connectivity index (χ1) is 19.0. The Labute approximate surface area is 227 Å². The predicted molar refractivity (Wildman–Crippen MR) is 148 cm³/mol. The van der Waals surface area contributed by atoms with Crippen molar-refractivity contribution in [1.29, 1.82) is 0 Å². The Morgan fingerprint density at radius 3 is 2.54 bits per heavy atom. The molecule has 5 rings (SSSR count). The van der Waals surface area contributed by atoms with E-state index in [0.717, 1.165) is 39.5 Å². The average Bonchev–Trinajstić information content (AvgIpc) is 3.62. The lowest BCUT2D eigenvalue weighted by atomic mass is 10.1. The maximum absolute atomic E-state index is 12.4. The average molecular weight is 545 g/mol. The van der Waals surface area contributed by atoms with Crippen LogP contribution in [0, 0.1) is 0 Å². The van der Waals surface area contributed by atoms with Crippen LogP contribution in [0.1, 0.15) is 12.5 Å². The third-order valence-electron chi connectivity index (χ3n) is 5.86. The van der Waals surface area contributed by atoms with E-state index in [1.54, 1.807) is 45.4 Å². The number of methoxy groups -OCH3 is 2. The molecule has 0 aliphatic carbocycles. The zero-order chi connectivity index (χ0) is 27.4. The van der Waals surface area contributed by atoms with E-state index >= 15 is 0 Å². The first kappa shape index (κ1) is 25.8. The van der Waals surface area contributed by atoms with Gasteiger partial charge in [0.1, 0.15) is 5.82 Å². The fourth-order valence-electron chi connectivity index (χ4n) is 3.82. The SMILES string of the molecule is COc1ccc(-c2nc3ccc(-c4nnc(SCC(=O)Nc5ccc(/C(C)=N\O)cc5)o4)cc3[nH]2)cc1OC. The van der Waals surface area contributed by atoms with Crippen LogP contribution in [0.25, 0.3) is 33.9 Å². The highest BCUT2D eigenvalue weighted by molar-refractivity contribution is 7.99. The van der Waals surface area contributed by atoms with Gasteiger partial charge in [-0.2, -0.15) is 0 Å². The normalized spacial score (nSPS) is 11.5. The number of carbonyl (C=O) groups is 1. The minimum atomic E-state index is -0.221. The summed E-state index contributed by atoms with van der Waals surface area (Å²) in [6.07, 6.45) is 0. The van der Waals surface area contributed by atoms with Gasteiger partial charge in [0.2, 0.25) is 11.8 Å². The van der Waals surface area contributed by atoms with Crippen molar-refractivity contribution in [2.24, 2.45) is 5.16 Å². The summed E-state index contributed by atoms with van der Waals surface area (Å²) in [7, 11) is 3.18. The van der Waals surface area contributed by atoms with Crippen molar-refractivity contribution in [2.45, 2.75) is 12.1 Å². The maximum Gasteiger partial charge on any atom is 0.277 e. The molecule has 0 saturated heterocycles. The Morgan fingerprint density at radius 1 is 1.03 bits per heavy atom. The molecule has 0 aliphatic heterocycles. The van der Waals surface area contributed by atoms with Crippen LogP contribution in [0.5, 0.6) is 11.5 Å². The molecular weight excluding hydrogens is 520 g/mol. The number of fused-ring (bicyclic) bond motifs is 1. The second-order valence-corrected chi connectivity index (χ2v) is 9.29. The molecule has 5 aromatic rings. The Bertz CT molecular complexity index is 1660. The largest absolute Gasteiger partial charge is 0.493 e. The van der Waals surface area contributed by atoms with Crippen LogP contribution in [0.4, 0.5) is 5.69 Å². The number of thioether (sulfide) groups is 1. The van der Waals surface area contributed by atoms with Crippen molar-refractivity contribution in [2.75, 3.05) is 25.3 Å². The molecular formula is C27H24N6O5S. The second-order valence-electron chi connectivity index (χ2n) is 8.36. The van der Waals surface area contributed by atoms with Crippen molar-refractivity contribution in [3.63, 3.8) is 0 Å². The Balaban J connectivity index is 1.24. The Morgan fingerprint density at radius 2 is 1.79 bits per heavy atom. The van der Waals surface area contributed by atoms with Gasteiger partial charge in [-0.3, -0.25) is 4.79 Å².